The number of nitrogens with two attached hydrogens (primary N) is 1. The summed E-state index contributed by atoms with van der Waals surface area (Å²) in [6.07, 6.45) is -6.20. The van der Waals surface area contributed by atoms with E-state index in [1.807, 2.05) is 0 Å². The Hall–Kier alpha value is -3.00. The Morgan fingerprint density at radius 2 is 1.74 bits per heavy atom. The Kier molecular flexibility index (Phi) is 8.24. The van der Waals surface area contributed by atoms with Crippen LogP contribution in [-0.4, -0.2) is 77.7 Å². The lowest BCUT2D eigenvalue weighted by molar-refractivity contribution is -0.191. The molecule has 1 spiro atoms. The van der Waals surface area contributed by atoms with Crippen LogP contribution in [0.3, 0.4) is 0 Å². The zero-order chi connectivity index (χ0) is 29.6. The van der Waals surface area contributed by atoms with E-state index in [4.69, 9.17) is 5.73 Å². The first kappa shape index (κ1) is 30.5. The number of primary amides is 1. The molecule has 1 aliphatic carbocycles. The van der Waals surface area contributed by atoms with E-state index >= 15 is 0 Å². The molecule has 3 aliphatic rings. The van der Waals surface area contributed by atoms with Gasteiger partial charge in [-0.2, -0.15) is 13.2 Å². The highest BCUT2D eigenvalue weighted by atomic mass is 19.4. The number of likely N-dealkylation sites (tertiary alicyclic amines) is 1. The van der Waals surface area contributed by atoms with Gasteiger partial charge in [-0.05, 0) is 36.5 Å². The molecule has 39 heavy (non-hydrogen) atoms. The topological polar surface area (TPSA) is 151 Å². The van der Waals surface area contributed by atoms with Crippen LogP contribution in [0.25, 0.3) is 0 Å². The molecule has 5 N–H and O–H groups in total. The number of alkyl halides is 5. The minimum absolute atomic E-state index is 0.0731. The molecule has 3 fully saturated rings. The van der Waals surface area contributed by atoms with Crippen LogP contribution in [0.2, 0.25) is 0 Å². The van der Waals surface area contributed by atoms with Gasteiger partial charge in [0.2, 0.25) is 29.6 Å². The average molecular weight is 568 g/mol. The van der Waals surface area contributed by atoms with Crippen molar-refractivity contribution in [3.63, 3.8) is 0 Å². The van der Waals surface area contributed by atoms with Crippen molar-refractivity contribution in [2.75, 3.05) is 13.1 Å². The summed E-state index contributed by atoms with van der Waals surface area (Å²) in [4.78, 5) is 63.8. The summed E-state index contributed by atoms with van der Waals surface area (Å²) in [7, 11) is 0. The van der Waals surface area contributed by atoms with Gasteiger partial charge in [0.05, 0.1) is 0 Å². The highest BCUT2D eigenvalue weighted by Crippen LogP contribution is 2.58. The van der Waals surface area contributed by atoms with Crippen LogP contribution in [0.5, 0.6) is 0 Å². The Labute approximate surface area is 222 Å². The van der Waals surface area contributed by atoms with Gasteiger partial charge in [0.1, 0.15) is 18.1 Å². The molecule has 3 rings (SSSR count). The van der Waals surface area contributed by atoms with E-state index < -0.39 is 83.4 Å². The van der Waals surface area contributed by atoms with Gasteiger partial charge in [-0.1, -0.05) is 20.8 Å². The first-order chi connectivity index (χ1) is 17.7. The van der Waals surface area contributed by atoms with E-state index in [2.05, 4.69) is 10.6 Å². The lowest BCUT2D eigenvalue weighted by atomic mass is 9.59. The quantitative estimate of drug-likeness (QED) is 0.338. The first-order valence-corrected chi connectivity index (χ1v) is 12.7. The van der Waals surface area contributed by atoms with Gasteiger partial charge in [0.25, 0.3) is 0 Å². The second kappa shape index (κ2) is 10.5. The molecule has 0 unspecified atom stereocenters. The number of halogens is 5. The molecule has 0 aromatic heterocycles. The third-order valence-electron chi connectivity index (χ3n) is 7.73. The molecule has 2 heterocycles. The third kappa shape index (κ3) is 6.96. The van der Waals surface area contributed by atoms with Crippen molar-refractivity contribution in [3.05, 3.63) is 0 Å². The number of hydrogen-bond acceptors (Lipinski definition) is 5. The zero-order valence-electron chi connectivity index (χ0n) is 21.9. The van der Waals surface area contributed by atoms with E-state index in [0.717, 1.165) is 4.90 Å². The largest absolute Gasteiger partial charge is 0.471 e. The summed E-state index contributed by atoms with van der Waals surface area (Å²) < 4.78 is 66.7. The Bertz CT molecular complexity index is 1020. The number of carbonyl (C=O) groups is 5. The molecule has 0 radical (unpaired) electrons. The Morgan fingerprint density at radius 3 is 2.21 bits per heavy atom. The summed E-state index contributed by atoms with van der Waals surface area (Å²) in [5.41, 5.74) is 3.24. The number of nitrogens with zero attached hydrogens (tertiary/aromatic N) is 1. The Morgan fingerprint density at radius 1 is 1.13 bits per heavy atom. The normalized spacial score (nSPS) is 25.7. The molecule has 0 bridgehead atoms. The summed E-state index contributed by atoms with van der Waals surface area (Å²) in [5, 5.41) is 6.72. The monoisotopic (exact) mass is 567 g/mol. The van der Waals surface area contributed by atoms with Crippen molar-refractivity contribution >= 4 is 29.5 Å². The van der Waals surface area contributed by atoms with E-state index in [1.165, 1.54) is 20.8 Å². The van der Waals surface area contributed by atoms with Crippen LogP contribution in [0, 0.1) is 16.7 Å². The molecule has 220 valence electrons. The average Bonchev–Trinajstić information content (AvgIpc) is 3.17. The van der Waals surface area contributed by atoms with E-state index in [1.54, 1.807) is 5.32 Å². The maximum Gasteiger partial charge on any atom is 0.471 e. The lowest BCUT2D eigenvalue weighted by Gasteiger charge is -2.54. The maximum absolute atomic E-state index is 13.8. The smallest absolute Gasteiger partial charge is 0.368 e. The molecular formula is C24H34F5N5O5. The first-order valence-electron chi connectivity index (χ1n) is 12.7. The van der Waals surface area contributed by atoms with Crippen LogP contribution >= 0.6 is 0 Å². The molecule has 10 nitrogen and oxygen atoms in total. The standard InChI is InChI=1S/C24H34F5N5O5/c1-21(2,3)15(33-20(39)24(27,28)29)19(38)34-7-5-22(10-23(25,26)11-22)9-14(34)18(37)32-13(16(30)35)8-12-4-6-31-17(12)36/h12-15H,4-11H2,1-3H3,(H2,30,35)(H,31,36)(H,32,37)(H,33,39)/t12-,13-,14-,15+/m0/s1. The van der Waals surface area contributed by atoms with Crippen molar-refractivity contribution in [2.45, 2.75) is 89.5 Å². The number of carbonyl (C=O) groups excluding carboxylic acids is 5. The number of piperidine rings is 1. The summed E-state index contributed by atoms with van der Waals surface area (Å²) in [6.45, 7) is 4.43. The molecule has 2 saturated heterocycles. The van der Waals surface area contributed by atoms with E-state index in [-0.39, 0.29) is 31.7 Å². The van der Waals surface area contributed by atoms with Gasteiger partial charge in [-0.3, -0.25) is 24.0 Å². The van der Waals surface area contributed by atoms with Crippen LogP contribution in [0.1, 0.15) is 59.3 Å². The van der Waals surface area contributed by atoms with Gasteiger partial charge >= 0.3 is 12.1 Å². The van der Waals surface area contributed by atoms with Crippen LogP contribution in [-0.2, 0) is 24.0 Å². The summed E-state index contributed by atoms with van der Waals surface area (Å²) in [6, 6.07) is -4.44. The highest BCUT2D eigenvalue weighted by molar-refractivity contribution is 5.95. The van der Waals surface area contributed by atoms with Crippen molar-refractivity contribution in [1.29, 1.82) is 0 Å². The van der Waals surface area contributed by atoms with Gasteiger partial charge < -0.3 is 26.6 Å². The molecule has 15 heteroatoms. The van der Waals surface area contributed by atoms with Gasteiger partial charge in [0.15, 0.2) is 0 Å². The van der Waals surface area contributed by atoms with E-state index in [0.29, 0.717) is 13.0 Å². The van der Waals surface area contributed by atoms with Crippen LogP contribution in [0.4, 0.5) is 22.0 Å². The van der Waals surface area contributed by atoms with Crippen LogP contribution in [0.15, 0.2) is 0 Å². The molecule has 2 aliphatic heterocycles. The molecule has 1 saturated carbocycles. The third-order valence-corrected chi connectivity index (χ3v) is 7.73. The van der Waals surface area contributed by atoms with Crippen molar-refractivity contribution in [2.24, 2.45) is 22.5 Å². The molecular weight excluding hydrogens is 533 g/mol. The Balaban J connectivity index is 1.87. The fourth-order valence-electron chi connectivity index (χ4n) is 5.70. The minimum Gasteiger partial charge on any atom is -0.368 e. The SMILES string of the molecule is CC(C)(C)[C@H](NC(=O)C(F)(F)F)C(=O)N1CCC2(C[C@H]1C(=O)N[C@@H](C[C@@H]1CCNC1=O)C(N)=O)CC(F)(F)C2. The van der Waals surface area contributed by atoms with Gasteiger partial charge in [-0.25, -0.2) is 8.78 Å². The second-order valence-corrected chi connectivity index (χ2v) is 12.0. The van der Waals surface area contributed by atoms with Crippen molar-refractivity contribution < 1.29 is 45.9 Å². The number of rotatable bonds is 7. The maximum atomic E-state index is 13.8. The number of nitrogens with one attached hydrogen (secondary N) is 3. The van der Waals surface area contributed by atoms with Crippen molar-refractivity contribution in [3.8, 4) is 0 Å². The van der Waals surface area contributed by atoms with Gasteiger partial charge in [-0.15, -0.1) is 0 Å². The number of hydrogen-bond donors (Lipinski definition) is 4. The van der Waals surface area contributed by atoms with E-state index in [9.17, 15) is 45.9 Å². The summed E-state index contributed by atoms with van der Waals surface area (Å²) >= 11 is 0. The van der Waals surface area contributed by atoms with Gasteiger partial charge in [0, 0.05) is 31.8 Å². The fourth-order valence-corrected chi connectivity index (χ4v) is 5.70. The van der Waals surface area contributed by atoms with Crippen molar-refractivity contribution in [1.82, 2.24) is 20.9 Å². The molecule has 5 amide bonds. The predicted octanol–water partition coefficient (Wildman–Crippen LogP) is 0.982. The highest BCUT2D eigenvalue weighted by Gasteiger charge is 2.60. The second-order valence-electron chi connectivity index (χ2n) is 12.0. The van der Waals surface area contributed by atoms with Crippen LogP contribution < -0.4 is 21.7 Å². The summed E-state index contributed by atoms with van der Waals surface area (Å²) in [5.74, 6) is -9.07. The zero-order valence-corrected chi connectivity index (χ0v) is 21.9. The molecule has 0 aromatic carbocycles. The number of amides is 5. The molecule has 0 aromatic rings. The minimum atomic E-state index is -5.27. The molecule has 4 atom stereocenters. The fraction of sp³-hybridized carbons (Fsp3) is 0.792. The lowest BCUT2D eigenvalue weighted by Crippen LogP contribution is -2.66. The predicted molar refractivity (Wildman–Crippen MR) is 126 cm³/mol.